The number of anilines is 1. The smallest absolute Gasteiger partial charge is 0.152 e. The summed E-state index contributed by atoms with van der Waals surface area (Å²) < 4.78 is 5.13. The van der Waals surface area contributed by atoms with Crippen molar-refractivity contribution in [3.63, 3.8) is 0 Å². The Kier molecular flexibility index (Phi) is 5.15. The van der Waals surface area contributed by atoms with Gasteiger partial charge in [0.1, 0.15) is 5.75 Å². The zero-order valence-corrected chi connectivity index (χ0v) is 11.5. The number of pyridine rings is 1. The summed E-state index contributed by atoms with van der Waals surface area (Å²) in [6.45, 7) is 4.78. The third kappa shape index (κ3) is 3.83. The third-order valence-electron chi connectivity index (χ3n) is 2.75. The second kappa shape index (κ2) is 7.31. The van der Waals surface area contributed by atoms with Gasteiger partial charge in [-0.15, -0.1) is 6.58 Å². The van der Waals surface area contributed by atoms with Gasteiger partial charge in [-0.05, 0) is 29.8 Å². The molecule has 0 saturated heterocycles. The molecule has 0 spiro atoms. The van der Waals surface area contributed by atoms with Crippen LogP contribution in [0, 0.1) is 0 Å². The summed E-state index contributed by atoms with van der Waals surface area (Å²) in [4.78, 5) is 10.1. The molecule has 0 aliphatic carbocycles. The highest BCUT2D eigenvalue weighted by atomic mass is 16.7. The maximum Gasteiger partial charge on any atom is 0.152 e. The molecule has 0 unspecified atom stereocenters. The number of nitrogens with zero attached hydrogens (tertiary/aromatic N) is 2. The fraction of sp³-hybridized carbons (Fsp3) is 0.188. The molecule has 0 amide bonds. The minimum Gasteiger partial charge on any atom is -0.497 e. The largest absolute Gasteiger partial charge is 0.497 e. The second-order valence-corrected chi connectivity index (χ2v) is 4.16. The molecule has 0 N–H and O–H groups in total. The zero-order chi connectivity index (χ0) is 14.2. The van der Waals surface area contributed by atoms with Crippen LogP contribution in [0.2, 0.25) is 0 Å². The first-order valence-corrected chi connectivity index (χ1v) is 6.39. The molecule has 104 valence electrons. The Morgan fingerprint density at radius 2 is 2.00 bits per heavy atom. The molecule has 2 aromatic rings. The van der Waals surface area contributed by atoms with Crippen LogP contribution in [-0.2, 0) is 11.4 Å². The number of benzene rings is 1. The first-order valence-electron chi connectivity index (χ1n) is 6.39. The lowest BCUT2D eigenvalue weighted by Gasteiger charge is -2.21. The highest BCUT2D eigenvalue weighted by Crippen LogP contribution is 2.15. The minimum atomic E-state index is 0.467. The fourth-order valence-corrected chi connectivity index (χ4v) is 1.71. The van der Waals surface area contributed by atoms with Crippen molar-refractivity contribution in [2.45, 2.75) is 6.61 Å². The van der Waals surface area contributed by atoms with E-state index >= 15 is 0 Å². The number of methoxy groups -OCH3 is 1. The maximum atomic E-state index is 5.79. The average Bonchev–Trinajstić information content (AvgIpc) is 2.53. The van der Waals surface area contributed by atoms with Gasteiger partial charge in [0.25, 0.3) is 0 Å². The van der Waals surface area contributed by atoms with E-state index in [0.717, 1.165) is 17.1 Å². The molecule has 1 aromatic heterocycles. The summed E-state index contributed by atoms with van der Waals surface area (Å²) in [5.41, 5.74) is 1.07. The molecular formula is C16H18N2O2. The highest BCUT2D eigenvalue weighted by molar-refractivity contribution is 5.35. The number of hydrogen-bond donors (Lipinski definition) is 0. The molecule has 2 rings (SSSR count). The Labute approximate surface area is 119 Å². The number of hydroxylamine groups is 1. The van der Waals surface area contributed by atoms with Crippen LogP contribution in [-0.4, -0.2) is 18.6 Å². The third-order valence-corrected chi connectivity index (χ3v) is 2.75. The molecule has 0 aliphatic heterocycles. The van der Waals surface area contributed by atoms with Gasteiger partial charge >= 0.3 is 0 Å². The summed E-state index contributed by atoms with van der Waals surface area (Å²) in [5, 5.41) is 1.72. The topological polar surface area (TPSA) is 34.6 Å². The number of aromatic nitrogens is 1. The van der Waals surface area contributed by atoms with Crippen LogP contribution < -0.4 is 9.80 Å². The lowest BCUT2D eigenvalue weighted by atomic mass is 10.2. The summed E-state index contributed by atoms with van der Waals surface area (Å²) in [5.74, 6) is 1.60. The van der Waals surface area contributed by atoms with E-state index in [1.54, 1.807) is 24.4 Å². The molecule has 0 fully saturated rings. The van der Waals surface area contributed by atoms with Gasteiger partial charge < -0.3 is 4.74 Å². The van der Waals surface area contributed by atoms with E-state index in [2.05, 4.69) is 11.6 Å². The lowest BCUT2D eigenvalue weighted by molar-refractivity contribution is 0.0987. The summed E-state index contributed by atoms with van der Waals surface area (Å²) in [6, 6.07) is 13.5. The van der Waals surface area contributed by atoms with Crippen molar-refractivity contribution in [2.24, 2.45) is 0 Å². The van der Waals surface area contributed by atoms with Crippen LogP contribution in [0.5, 0.6) is 5.75 Å². The van der Waals surface area contributed by atoms with Gasteiger partial charge in [-0.2, -0.15) is 0 Å². The predicted molar refractivity (Wildman–Crippen MR) is 79.6 cm³/mol. The molecule has 0 radical (unpaired) electrons. The Bertz CT molecular complexity index is 526. The molecule has 0 atom stereocenters. The summed E-state index contributed by atoms with van der Waals surface area (Å²) in [7, 11) is 1.65. The van der Waals surface area contributed by atoms with Crippen LogP contribution >= 0.6 is 0 Å². The summed E-state index contributed by atoms with van der Waals surface area (Å²) in [6.07, 6.45) is 3.52. The summed E-state index contributed by atoms with van der Waals surface area (Å²) >= 11 is 0. The lowest BCUT2D eigenvalue weighted by Crippen LogP contribution is -2.24. The van der Waals surface area contributed by atoms with Crippen molar-refractivity contribution in [3.05, 3.63) is 66.9 Å². The van der Waals surface area contributed by atoms with Gasteiger partial charge in [0.2, 0.25) is 0 Å². The van der Waals surface area contributed by atoms with Crippen LogP contribution in [0.15, 0.2) is 61.3 Å². The van der Waals surface area contributed by atoms with Crippen molar-refractivity contribution < 1.29 is 9.57 Å². The Morgan fingerprint density at radius 3 is 2.60 bits per heavy atom. The van der Waals surface area contributed by atoms with Crippen LogP contribution in [0.25, 0.3) is 0 Å². The van der Waals surface area contributed by atoms with Crippen molar-refractivity contribution in [3.8, 4) is 5.75 Å². The van der Waals surface area contributed by atoms with Gasteiger partial charge in [-0.1, -0.05) is 24.3 Å². The van der Waals surface area contributed by atoms with E-state index in [4.69, 9.17) is 9.57 Å². The molecular weight excluding hydrogens is 252 g/mol. The average molecular weight is 270 g/mol. The molecule has 0 bridgehead atoms. The van der Waals surface area contributed by atoms with Crippen LogP contribution in [0.1, 0.15) is 5.56 Å². The minimum absolute atomic E-state index is 0.467. The van der Waals surface area contributed by atoms with E-state index < -0.39 is 0 Å². The first kappa shape index (κ1) is 14.1. The second-order valence-electron chi connectivity index (χ2n) is 4.16. The monoisotopic (exact) mass is 270 g/mol. The molecule has 4 heteroatoms. The molecule has 20 heavy (non-hydrogen) atoms. The Balaban J connectivity index is 1.99. The fourth-order valence-electron chi connectivity index (χ4n) is 1.71. The van der Waals surface area contributed by atoms with Crippen molar-refractivity contribution >= 4 is 5.82 Å². The van der Waals surface area contributed by atoms with Gasteiger partial charge in [0, 0.05) is 6.20 Å². The molecule has 1 aromatic carbocycles. The van der Waals surface area contributed by atoms with Crippen molar-refractivity contribution in [1.82, 2.24) is 4.98 Å². The maximum absolute atomic E-state index is 5.79. The zero-order valence-electron chi connectivity index (χ0n) is 11.5. The normalized spacial score (nSPS) is 10.1. The highest BCUT2D eigenvalue weighted by Gasteiger charge is 2.06. The Morgan fingerprint density at radius 1 is 1.20 bits per heavy atom. The van der Waals surface area contributed by atoms with E-state index in [-0.39, 0.29) is 0 Å². The van der Waals surface area contributed by atoms with Crippen LogP contribution in [0.3, 0.4) is 0 Å². The van der Waals surface area contributed by atoms with E-state index in [1.165, 1.54) is 0 Å². The number of ether oxygens (including phenoxy) is 1. The number of rotatable bonds is 7. The van der Waals surface area contributed by atoms with E-state index in [1.807, 2.05) is 42.5 Å². The van der Waals surface area contributed by atoms with Crippen molar-refractivity contribution in [2.75, 3.05) is 18.7 Å². The SMILES string of the molecule is C=CCN(OCc1ccc(OC)cc1)c1ccccn1. The van der Waals surface area contributed by atoms with Gasteiger partial charge in [-0.3, -0.25) is 4.84 Å². The molecule has 1 heterocycles. The number of hydrogen-bond acceptors (Lipinski definition) is 4. The molecule has 0 saturated carbocycles. The van der Waals surface area contributed by atoms with Gasteiger partial charge in [0.05, 0.1) is 20.3 Å². The standard InChI is InChI=1S/C16H18N2O2/c1-3-12-18(16-6-4-5-11-17-16)20-13-14-7-9-15(19-2)10-8-14/h3-11H,1,12-13H2,2H3. The van der Waals surface area contributed by atoms with Crippen molar-refractivity contribution in [1.29, 1.82) is 0 Å². The van der Waals surface area contributed by atoms with E-state index in [9.17, 15) is 0 Å². The Hall–Kier alpha value is -2.33. The predicted octanol–water partition coefficient (Wildman–Crippen LogP) is 3.21. The van der Waals surface area contributed by atoms with Gasteiger partial charge in [0.15, 0.2) is 5.82 Å². The quantitative estimate of drug-likeness (QED) is 0.571. The van der Waals surface area contributed by atoms with Crippen LogP contribution in [0.4, 0.5) is 5.82 Å². The first-order chi connectivity index (χ1) is 9.83. The molecule has 0 aliphatic rings. The van der Waals surface area contributed by atoms with E-state index in [0.29, 0.717) is 13.2 Å². The van der Waals surface area contributed by atoms with Gasteiger partial charge in [-0.25, -0.2) is 10.0 Å². The molecule has 4 nitrogen and oxygen atoms in total.